The van der Waals surface area contributed by atoms with Crippen LogP contribution in [0.15, 0.2) is 24.3 Å². The number of aryl methyl sites for hydroxylation is 1. The lowest BCUT2D eigenvalue weighted by molar-refractivity contribution is 0.245. The van der Waals surface area contributed by atoms with E-state index in [4.69, 9.17) is 0 Å². The van der Waals surface area contributed by atoms with Crippen molar-refractivity contribution in [2.45, 2.75) is 39.2 Å². The van der Waals surface area contributed by atoms with Crippen molar-refractivity contribution in [2.24, 2.45) is 0 Å². The summed E-state index contributed by atoms with van der Waals surface area (Å²) in [6, 6.07) is 8.33. The van der Waals surface area contributed by atoms with Gasteiger partial charge in [-0.3, -0.25) is 4.90 Å². The fourth-order valence-electron chi connectivity index (χ4n) is 2.93. The van der Waals surface area contributed by atoms with E-state index in [1.165, 1.54) is 24.0 Å². The molecule has 1 aromatic carbocycles. The van der Waals surface area contributed by atoms with Crippen LogP contribution < -0.4 is 9.44 Å². The molecule has 0 aromatic heterocycles. The number of likely N-dealkylation sites (tertiary alicyclic amines) is 1. The number of benzene rings is 1. The molecule has 1 atom stereocenters. The third-order valence-corrected chi connectivity index (χ3v) is 5.27. The molecule has 124 valence electrons. The maximum absolute atomic E-state index is 12.0. The number of hydrogen-bond acceptors (Lipinski definition) is 3. The van der Waals surface area contributed by atoms with Crippen LogP contribution in [0, 0.1) is 6.92 Å². The van der Waals surface area contributed by atoms with Gasteiger partial charge < -0.3 is 0 Å². The van der Waals surface area contributed by atoms with Crippen molar-refractivity contribution in [1.82, 2.24) is 14.3 Å². The standard InChI is InChI=1S/C16H27N3O2S/c1-3-10-17-22(20,21)18-13-16(19-11-6-7-12-19)15-9-5-4-8-14(15)2/h4-5,8-9,16-18H,3,6-7,10-13H2,1-2H3. The number of rotatable bonds is 8. The largest absolute Gasteiger partial charge is 0.295 e. The highest BCUT2D eigenvalue weighted by Gasteiger charge is 2.25. The predicted octanol–water partition coefficient (Wildman–Crippen LogP) is 1.97. The van der Waals surface area contributed by atoms with Crippen LogP contribution in [0.1, 0.15) is 43.4 Å². The van der Waals surface area contributed by atoms with Crippen molar-refractivity contribution in [3.63, 3.8) is 0 Å². The van der Waals surface area contributed by atoms with Crippen molar-refractivity contribution in [3.8, 4) is 0 Å². The van der Waals surface area contributed by atoms with Gasteiger partial charge in [0.2, 0.25) is 0 Å². The van der Waals surface area contributed by atoms with E-state index in [2.05, 4.69) is 33.4 Å². The molecule has 0 saturated carbocycles. The molecule has 0 aliphatic carbocycles. The molecule has 2 N–H and O–H groups in total. The number of nitrogens with one attached hydrogen (secondary N) is 2. The monoisotopic (exact) mass is 325 g/mol. The van der Waals surface area contributed by atoms with Crippen molar-refractivity contribution in [1.29, 1.82) is 0 Å². The molecule has 0 spiro atoms. The third kappa shape index (κ3) is 4.78. The molecule has 1 aliphatic rings. The molecule has 0 amide bonds. The van der Waals surface area contributed by atoms with Crippen LogP contribution in [0.2, 0.25) is 0 Å². The highest BCUT2D eigenvalue weighted by Crippen LogP contribution is 2.26. The molecule has 6 heteroatoms. The Morgan fingerprint density at radius 1 is 1.18 bits per heavy atom. The van der Waals surface area contributed by atoms with E-state index < -0.39 is 10.2 Å². The van der Waals surface area contributed by atoms with Gasteiger partial charge in [-0.1, -0.05) is 31.2 Å². The molecule has 1 aromatic rings. The predicted molar refractivity (Wildman–Crippen MR) is 89.9 cm³/mol. The molecule has 1 heterocycles. The zero-order chi connectivity index (χ0) is 16.0. The van der Waals surface area contributed by atoms with Crippen LogP contribution in [0.5, 0.6) is 0 Å². The van der Waals surface area contributed by atoms with E-state index in [0.717, 1.165) is 19.5 Å². The van der Waals surface area contributed by atoms with Gasteiger partial charge in [-0.05, 0) is 50.4 Å². The summed E-state index contributed by atoms with van der Waals surface area (Å²) in [4.78, 5) is 2.38. The summed E-state index contributed by atoms with van der Waals surface area (Å²) in [5.74, 6) is 0. The van der Waals surface area contributed by atoms with E-state index in [0.29, 0.717) is 13.1 Å². The smallest absolute Gasteiger partial charge is 0.276 e. The van der Waals surface area contributed by atoms with Crippen LogP contribution in [0.25, 0.3) is 0 Å². The van der Waals surface area contributed by atoms with E-state index in [9.17, 15) is 8.42 Å². The van der Waals surface area contributed by atoms with Crippen molar-refractivity contribution < 1.29 is 8.42 Å². The summed E-state index contributed by atoms with van der Waals surface area (Å²) in [6.07, 6.45) is 3.15. The van der Waals surface area contributed by atoms with Crippen LogP contribution in [0.4, 0.5) is 0 Å². The van der Waals surface area contributed by atoms with Gasteiger partial charge in [0.25, 0.3) is 10.2 Å². The first-order valence-electron chi connectivity index (χ1n) is 8.07. The second-order valence-electron chi connectivity index (χ2n) is 5.86. The number of nitrogens with zero attached hydrogens (tertiary/aromatic N) is 1. The Kier molecular flexibility index (Phi) is 6.37. The van der Waals surface area contributed by atoms with Crippen molar-refractivity contribution >= 4 is 10.2 Å². The highest BCUT2D eigenvalue weighted by atomic mass is 32.2. The summed E-state index contributed by atoms with van der Waals surface area (Å²) in [5.41, 5.74) is 2.42. The SMILES string of the molecule is CCCNS(=O)(=O)NCC(c1ccccc1C)N1CCCC1. The zero-order valence-electron chi connectivity index (χ0n) is 13.5. The first-order chi connectivity index (χ1) is 10.5. The van der Waals surface area contributed by atoms with Gasteiger partial charge in [0.15, 0.2) is 0 Å². The fourth-order valence-corrected chi connectivity index (χ4v) is 3.88. The Bertz CT molecular complexity index is 569. The van der Waals surface area contributed by atoms with E-state index in [1.807, 2.05) is 19.1 Å². The lowest BCUT2D eigenvalue weighted by Crippen LogP contribution is -2.42. The Morgan fingerprint density at radius 3 is 2.50 bits per heavy atom. The molecule has 1 saturated heterocycles. The summed E-state index contributed by atoms with van der Waals surface area (Å²) < 4.78 is 29.2. The Balaban J connectivity index is 2.10. The first-order valence-corrected chi connectivity index (χ1v) is 9.55. The summed E-state index contributed by atoms with van der Waals surface area (Å²) in [6.45, 7) is 6.97. The van der Waals surface area contributed by atoms with Gasteiger partial charge in [0, 0.05) is 19.1 Å². The van der Waals surface area contributed by atoms with Crippen molar-refractivity contribution in [2.75, 3.05) is 26.2 Å². The maximum Gasteiger partial charge on any atom is 0.276 e. The molecule has 0 radical (unpaired) electrons. The number of hydrogen-bond donors (Lipinski definition) is 2. The lowest BCUT2D eigenvalue weighted by atomic mass is 10.0. The van der Waals surface area contributed by atoms with Crippen LogP contribution in [0.3, 0.4) is 0 Å². The van der Waals surface area contributed by atoms with Gasteiger partial charge in [0.05, 0.1) is 0 Å². The van der Waals surface area contributed by atoms with Gasteiger partial charge in [-0.2, -0.15) is 8.42 Å². The van der Waals surface area contributed by atoms with Crippen molar-refractivity contribution in [3.05, 3.63) is 35.4 Å². The summed E-state index contributed by atoms with van der Waals surface area (Å²) in [5, 5.41) is 0. The molecule has 0 bridgehead atoms. The second-order valence-corrected chi connectivity index (χ2v) is 7.45. The van der Waals surface area contributed by atoms with Crippen LogP contribution in [-0.2, 0) is 10.2 Å². The molecule has 1 fully saturated rings. The third-order valence-electron chi connectivity index (χ3n) is 4.14. The fraction of sp³-hybridized carbons (Fsp3) is 0.625. The summed E-state index contributed by atoms with van der Waals surface area (Å²) in [7, 11) is -3.42. The second kappa shape index (κ2) is 8.06. The summed E-state index contributed by atoms with van der Waals surface area (Å²) >= 11 is 0. The Labute approximate surface area is 134 Å². The van der Waals surface area contributed by atoms with Gasteiger partial charge in [-0.15, -0.1) is 0 Å². The van der Waals surface area contributed by atoms with E-state index in [-0.39, 0.29) is 6.04 Å². The average Bonchev–Trinajstić information content (AvgIpc) is 3.01. The molecule has 5 nitrogen and oxygen atoms in total. The lowest BCUT2D eigenvalue weighted by Gasteiger charge is -2.29. The minimum absolute atomic E-state index is 0.0990. The molecule has 1 unspecified atom stereocenters. The van der Waals surface area contributed by atoms with Gasteiger partial charge >= 0.3 is 0 Å². The molecule has 1 aliphatic heterocycles. The Morgan fingerprint density at radius 2 is 1.86 bits per heavy atom. The zero-order valence-corrected chi connectivity index (χ0v) is 14.3. The highest BCUT2D eigenvalue weighted by molar-refractivity contribution is 7.87. The van der Waals surface area contributed by atoms with Crippen LogP contribution >= 0.6 is 0 Å². The molecular formula is C16H27N3O2S. The molecule has 22 heavy (non-hydrogen) atoms. The van der Waals surface area contributed by atoms with Gasteiger partial charge in [0.1, 0.15) is 0 Å². The minimum Gasteiger partial charge on any atom is -0.295 e. The quantitative estimate of drug-likeness (QED) is 0.768. The van der Waals surface area contributed by atoms with Crippen LogP contribution in [-0.4, -0.2) is 39.5 Å². The average molecular weight is 325 g/mol. The Hall–Kier alpha value is -0.950. The normalized spacial score (nSPS) is 17.7. The van der Waals surface area contributed by atoms with E-state index >= 15 is 0 Å². The maximum atomic E-state index is 12.0. The topological polar surface area (TPSA) is 61.4 Å². The molecule has 2 rings (SSSR count). The van der Waals surface area contributed by atoms with E-state index in [1.54, 1.807) is 0 Å². The first kappa shape index (κ1) is 17.4. The molecular weight excluding hydrogens is 298 g/mol. The minimum atomic E-state index is -3.42. The van der Waals surface area contributed by atoms with Gasteiger partial charge in [-0.25, -0.2) is 9.44 Å².